The summed E-state index contributed by atoms with van der Waals surface area (Å²) in [7, 11) is 0. The van der Waals surface area contributed by atoms with Crippen molar-refractivity contribution in [1.82, 2.24) is 4.98 Å². The van der Waals surface area contributed by atoms with Gasteiger partial charge in [0.2, 0.25) is 0 Å². The van der Waals surface area contributed by atoms with Crippen LogP contribution in [-0.4, -0.2) is 37.2 Å². The Labute approximate surface area is 165 Å². The molecule has 28 heavy (non-hydrogen) atoms. The first kappa shape index (κ1) is 18.4. The average molecular weight is 375 g/mol. The van der Waals surface area contributed by atoms with Gasteiger partial charge in [0, 0.05) is 29.9 Å². The summed E-state index contributed by atoms with van der Waals surface area (Å²) in [6.45, 7) is 9.13. The van der Waals surface area contributed by atoms with Gasteiger partial charge in [0.25, 0.3) is 5.91 Å². The summed E-state index contributed by atoms with van der Waals surface area (Å²) in [5, 5.41) is 4.08. The van der Waals surface area contributed by atoms with Gasteiger partial charge >= 0.3 is 0 Å². The Bertz CT molecular complexity index is 1020. The van der Waals surface area contributed by atoms with Crippen molar-refractivity contribution >= 4 is 28.2 Å². The van der Waals surface area contributed by atoms with Crippen molar-refractivity contribution in [1.29, 1.82) is 0 Å². The number of hydrogen-bond acceptors (Lipinski definition) is 4. The molecule has 1 aliphatic heterocycles. The number of benzene rings is 2. The van der Waals surface area contributed by atoms with E-state index in [1.807, 2.05) is 44.2 Å². The number of hydrogen-bond donors (Lipinski definition) is 1. The Kier molecular flexibility index (Phi) is 5.01. The summed E-state index contributed by atoms with van der Waals surface area (Å²) in [5.74, 6) is -0.193. The molecule has 0 aliphatic carbocycles. The van der Waals surface area contributed by atoms with Gasteiger partial charge < -0.3 is 15.0 Å². The topological polar surface area (TPSA) is 54.5 Å². The molecule has 0 bridgehead atoms. The minimum Gasteiger partial charge on any atom is -0.378 e. The third kappa shape index (κ3) is 3.85. The molecule has 1 aliphatic rings. The molecule has 2 heterocycles. The molecule has 1 amide bonds. The highest BCUT2D eigenvalue weighted by Gasteiger charge is 2.18. The quantitative estimate of drug-likeness (QED) is 0.744. The van der Waals surface area contributed by atoms with Gasteiger partial charge in [0.15, 0.2) is 0 Å². The number of fused-ring (bicyclic) bond motifs is 1. The highest BCUT2D eigenvalue weighted by molar-refractivity contribution is 6.06. The number of rotatable bonds is 3. The first-order valence-corrected chi connectivity index (χ1v) is 9.63. The van der Waals surface area contributed by atoms with Crippen molar-refractivity contribution < 1.29 is 9.53 Å². The van der Waals surface area contributed by atoms with E-state index in [4.69, 9.17) is 4.74 Å². The minimum absolute atomic E-state index is 0.193. The molecule has 4 rings (SSSR count). The SMILES string of the molecule is Cc1cc(C)cc(NC(=O)c2cc(N3CCOCC3)c3cc(C)ccc3n2)c1. The Morgan fingerprint density at radius 2 is 1.68 bits per heavy atom. The van der Waals surface area contributed by atoms with Gasteiger partial charge in [-0.3, -0.25) is 4.79 Å². The number of pyridine rings is 1. The number of aryl methyl sites for hydroxylation is 3. The Balaban J connectivity index is 1.74. The molecule has 144 valence electrons. The normalized spacial score (nSPS) is 14.3. The lowest BCUT2D eigenvalue weighted by Crippen LogP contribution is -2.36. The molecule has 2 aromatic carbocycles. The number of amides is 1. The lowest BCUT2D eigenvalue weighted by atomic mass is 10.1. The Morgan fingerprint density at radius 1 is 0.964 bits per heavy atom. The molecule has 1 aromatic heterocycles. The molecule has 5 heteroatoms. The molecule has 0 saturated carbocycles. The van der Waals surface area contributed by atoms with E-state index in [-0.39, 0.29) is 5.91 Å². The number of nitrogens with zero attached hydrogens (tertiary/aromatic N) is 2. The van der Waals surface area contributed by atoms with Crippen molar-refractivity contribution in [3.8, 4) is 0 Å². The van der Waals surface area contributed by atoms with Crippen LogP contribution in [0.4, 0.5) is 11.4 Å². The van der Waals surface area contributed by atoms with Crippen molar-refractivity contribution in [2.75, 3.05) is 36.5 Å². The third-order valence-electron chi connectivity index (χ3n) is 5.01. The molecule has 3 aromatic rings. The summed E-state index contributed by atoms with van der Waals surface area (Å²) < 4.78 is 5.50. The maximum Gasteiger partial charge on any atom is 0.274 e. The number of carbonyl (C=O) groups is 1. The molecule has 5 nitrogen and oxygen atoms in total. The van der Waals surface area contributed by atoms with Crippen LogP contribution in [0.2, 0.25) is 0 Å². The zero-order valence-electron chi connectivity index (χ0n) is 16.6. The lowest BCUT2D eigenvalue weighted by molar-refractivity contribution is 0.102. The zero-order chi connectivity index (χ0) is 19.7. The number of ether oxygens (including phenoxy) is 1. The number of aromatic nitrogens is 1. The van der Waals surface area contributed by atoms with Crippen LogP contribution in [0.25, 0.3) is 10.9 Å². The fourth-order valence-corrected chi connectivity index (χ4v) is 3.75. The fraction of sp³-hybridized carbons (Fsp3) is 0.304. The average Bonchev–Trinajstić information content (AvgIpc) is 2.67. The molecule has 0 spiro atoms. The van der Waals surface area contributed by atoms with E-state index in [0.29, 0.717) is 18.9 Å². The van der Waals surface area contributed by atoms with Crippen LogP contribution >= 0.6 is 0 Å². The van der Waals surface area contributed by atoms with Crippen LogP contribution in [0.3, 0.4) is 0 Å². The summed E-state index contributed by atoms with van der Waals surface area (Å²) in [6.07, 6.45) is 0. The van der Waals surface area contributed by atoms with Crippen LogP contribution in [0.5, 0.6) is 0 Å². The second-order valence-corrected chi connectivity index (χ2v) is 7.48. The molecule has 1 fully saturated rings. The van der Waals surface area contributed by atoms with Gasteiger partial charge in [0.1, 0.15) is 5.69 Å². The summed E-state index contributed by atoms with van der Waals surface area (Å²) in [4.78, 5) is 19.9. The summed E-state index contributed by atoms with van der Waals surface area (Å²) in [6, 6.07) is 14.1. The van der Waals surface area contributed by atoms with Crippen molar-refractivity contribution in [3.05, 3.63) is 64.8 Å². The highest BCUT2D eigenvalue weighted by Crippen LogP contribution is 2.29. The van der Waals surface area contributed by atoms with E-state index < -0.39 is 0 Å². The number of carbonyl (C=O) groups excluding carboxylic acids is 1. The number of morpholine rings is 1. The van der Waals surface area contributed by atoms with E-state index in [9.17, 15) is 4.79 Å². The van der Waals surface area contributed by atoms with Gasteiger partial charge in [-0.05, 0) is 62.2 Å². The van der Waals surface area contributed by atoms with Crippen LogP contribution < -0.4 is 10.2 Å². The molecule has 0 radical (unpaired) electrons. The summed E-state index contributed by atoms with van der Waals surface area (Å²) >= 11 is 0. The van der Waals surface area contributed by atoms with Crippen molar-refractivity contribution in [3.63, 3.8) is 0 Å². The fourth-order valence-electron chi connectivity index (χ4n) is 3.75. The number of anilines is 2. The summed E-state index contributed by atoms with van der Waals surface area (Å²) in [5.41, 5.74) is 6.51. The smallest absolute Gasteiger partial charge is 0.274 e. The van der Waals surface area contributed by atoms with Crippen LogP contribution in [0.15, 0.2) is 42.5 Å². The Morgan fingerprint density at radius 3 is 2.39 bits per heavy atom. The second-order valence-electron chi connectivity index (χ2n) is 7.48. The minimum atomic E-state index is -0.193. The van der Waals surface area contributed by atoms with Crippen LogP contribution in [0, 0.1) is 20.8 Å². The number of nitrogens with one attached hydrogen (secondary N) is 1. The van der Waals surface area contributed by atoms with E-state index >= 15 is 0 Å². The molecule has 1 saturated heterocycles. The van der Waals surface area contributed by atoms with Gasteiger partial charge in [-0.1, -0.05) is 17.7 Å². The maximum absolute atomic E-state index is 13.0. The van der Waals surface area contributed by atoms with E-state index in [1.54, 1.807) is 0 Å². The monoisotopic (exact) mass is 375 g/mol. The standard InChI is InChI=1S/C23H25N3O2/c1-15-4-5-20-19(13-15)22(26-6-8-28-9-7-26)14-21(25-20)23(27)24-18-11-16(2)10-17(3)12-18/h4-5,10-14H,6-9H2,1-3H3,(H,24,27). The molecule has 0 unspecified atom stereocenters. The molecule has 0 atom stereocenters. The highest BCUT2D eigenvalue weighted by atomic mass is 16.5. The Hall–Kier alpha value is -2.92. The molecule has 1 N–H and O–H groups in total. The van der Waals surface area contributed by atoms with Crippen LogP contribution in [0.1, 0.15) is 27.2 Å². The van der Waals surface area contributed by atoms with Gasteiger partial charge in [-0.15, -0.1) is 0 Å². The third-order valence-corrected chi connectivity index (χ3v) is 5.01. The molecular weight excluding hydrogens is 350 g/mol. The van der Waals surface area contributed by atoms with Crippen LogP contribution in [-0.2, 0) is 4.74 Å². The first-order chi connectivity index (χ1) is 13.5. The largest absolute Gasteiger partial charge is 0.378 e. The first-order valence-electron chi connectivity index (χ1n) is 9.63. The van der Waals surface area contributed by atoms with E-state index in [1.165, 1.54) is 5.56 Å². The molecular formula is C23H25N3O2. The predicted octanol–water partition coefficient (Wildman–Crippen LogP) is 4.25. The predicted molar refractivity (Wildman–Crippen MR) is 113 cm³/mol. The van der Waals surface area contributed by atoms with Crippen molar-refractivity contribution in [2.45, 2.75) is 20.8 Å². The van der Waals surface area contributed by atoms with Gasteiger partial charge in [-0.2, -0.15) is 0 Å². The zero-order valence-corrected chi connectivity index (χ0v) is 16.6. The van der Waals surface area contributed by atoms with Gasteiger partial charge in [-0.25, -0.2) is 4.98 Å². The maximum atomic E-state index is 13.0. The van der Waals surface area contributed by atoms with Crippen molar-refractivity contribution in [2.24, 2.45) is 0 Å². The van der Waals surface area contributed by atoms with E-state index in [2.05, 4.69) is 34.3 Å². The lowest BCUT2D eigenvalue weighted by Gasteiger charge is -2.30. The van der Waals surface area contributed by atoms with E-state index in [0.717, 1.165) is 46.5 Å². The second kappa shape index (κ2) is 7.60. The van der Waals surface area contributed by atoms with Gasteiger partial charge in [0.05, 0.1) is 18.7 Å².